The van der Waals surface area contributed by atoms with Gasteiger partial charge in [-0.1, -0.05) is 0 Å². The fourth-order valence-corrected chi connectivity index (χ4v) is 5.66. The zero-order valence-corrected chi connectivity index (χ0v) is 14.3. The van der Waals surface area contributed by atoms with Crippen LogP contribution in [0.4, 0.5) is 5.13 Å². The zero-order valence-electron chi connectivity index (χ0n) is 12.6. The minimum absolute atomic E-state index is 0.00142. The van der Waals surface area contributed by atoms with Gasteiger partial charge in [-0.3, -0.25) is 9.69 Å². The van der Waals surface area contributed by atoms with E-state index in [0.717, 1.165) is 38.0 Å². The Hall–Kier alpha value is -0.990. The molecule has 0 aliphatic carbocycles. The molecule has 0 spiro atoms. The minimum atomic E-state index is -2.84. The molecule has 1 N–H and O–H groups in total. The number of amides is 1. The van der Waals surface area contributed by atoms with Gasteiger partial charge in [0.25, 0.3) is 0 Å². The molecule has 0 radical (unpaired) electrons. The highest BCUT2D eigenvalue weighted by atomic mass is 32.2. The number of piperidine rings is 1. The molecule has 1 aromatic heterocycles. The van der Waals surface area contributed by atoms with E-state index in [1.807, 2.05) is 12.3 Å². The van der Waals surface area contributed by atoms with Crippen LogP contribution in [0.2, 0.25) is 0 Å². The SMILES string of the molecule is Cc1csc(NC(=O)C2CCN([C@H]3CCS(=O)(=O)C3)CC2)n1. The third-order valence-electron chi connectivity index (χ3n) is 4.47. The minimum Gasteiger partial charge on any atom is -0.302 e. The smallest absolute Gasteiger partial charge is 0.229 e. The number of anilines is 1. The Morgan fingerprint density at radius 2 is 2.09 bits per heavy atom. The molecular formula is C14H21N3O3S2. The Morgan fingerprint density at radius 3 is 2.64 bits per heavy atom. The van der Waals surface area contributed by atoms with Crippen LogP contribution in [0.25, 0.3) is 0 Å². The average molecular weight is 343 g/mol. The molecule has 1 amide bonds. The van der Waals surface area contributed by atoms with Crippen molar-refractivity contribution >= 4 is 32.2 Å². The first kappa shape index (κ1) is 15.9. The number of carbonyl (C=O) groups excluding carboxylic acids is 1. The largest absolute Gasteiger partial charge is 0.302 e. The van der Waals surface area contributed by atoms with E-state index in [9.17, 15) is 13.2 Å². The summed E-state index contributed by atoms with van der Waals surface area (Å²) in [4.78, 5) is 18.7. The lowest BCUT2D eigenvalue weighted by molar-refractivity contribution is -0.121. The molecule has 6 nitrogen and oxygen atoms in total. The van der Waals surface area contributed by atoms with Gasteiger partial charge in [0.15, 0.2) is 15.0 Å². The number of hydrogen-bond donors (Lipinski definition) is 1. The van der Waals surface area contributed by atoms with Crippen LogP contribution in [-0.4, -0.2) is 54.8 Å². The Labute approximate surface area is 134 Å². The molecule has 1 atom stereocenters. The summed E-state index contributed by atoms with van der Waals surface area (Å²) in [6.45, 7) is 3.50. The summed E-state index contributed by atoms with van der Waals surface area (Å²) < 4.78 is 23.1. The fraction of sp³-hybridized carbons (Fsp3) is 0.714. The Morgan fingerprint density at radius 1 is 1.36 bits per heavy atom. The summed E-state index contributed by atoms with van der Waals surface area (Å²) in [5.74, 6) is 0.621. The number of aromatic nitrogens is 1. The standard InChI is InChI=1S/C14H21N3O3S2/c1-10-8-21-14(15-10)16-13(18)11-2-5-17(6-3-11)12-4-7-22(19,20)9-12/h8,11-12H,2-7,9H2,1H3,(H,15,16,18)/t12-/m0/s1. The van der Waals surface area contributed by atoms with Crippen molar-refractivity contribution in [1.29, 1.82) is 0 Å². The number of hydrogen-bond acceptors (Lipinski definition) is 6. The molecule has 0 unspecified atom stereocenters. The quantitative estimate of drug-likeness (QED) is 0.894. The van der Waals surface area contributed by atoms with Crippen molar-refractivity contribution in [1.82, 2.24) is 9.88 Å². The molecule has 0 aromatic carbocycles. The van der Waals surface area contributed by atoms with Crippen molar-refractivity contribution in [2.24, 2.45) is 5.92 Å². The third kappa shape index (κ3) is 3.67. The van der Waals surface area contributed by atoms with Crippen LogP contribution in [0, 0.1) is 12.8 Å². The molecule has 22 heavy (non-hydrogen) atoms. The fourth-order valence-electron chi connectivity index (χ4n) is 3.21. The monoisotopic (exact) mass is 343 g/mol. The third-order valence-corrected chi connectivity index (χ3v) is 7.10. The first-order valence-corrected chi connectivity index (χ1v) is 10.3. The summed E-state index contributed by atoms with van der Waals surface area (Å²) >= 11 is 1.44. The van der Waals surface area contributed by atoms with E-state index in [2.05, 4.69) is 15.2 Å². The number of rotatable bonds is 3. The van der Waals surface area contributed by atoms with Gasteiger partial charge in [-0.2, -0.15) is 0 Å². The first-order valence-electron chi connectivity index (χ1n) is 7.60. The molecule has 3 heterocycles. The molecule has 3 rings (SSSR count). The van der Waals surface area contributed by atoms with Gasteiger partial charge in [0.2, 0.25) is 5.91 Å². The van der Waals surface area contributed by atoms with Crippen LogP contribution in [0.15, 0.2) is 5.38 Å². The molecule has 2 aliphatic heterocycles. The first-order chi connectivity index (χ1) is 10.4. The Bertz CT molecular complexity index is 648. The molecule has 122 valence electrons. The van der Waals surface area contributed by atoms with Gasteiger partial charge >= 0.3 is 0 Å². The lowest BCUT2D eigenvalue weighted by Crippen LogP contribution is -2.44. The van der Waals surface area contributed by atoms with Crippen molar-refractivity contribution in [3.8, 4) is 0 Å². The molecule has 0 bridgehead atoms. The highest BCUT2D eigenvalue weighted by Gasteiger charge is 2.35. The Balaban J connectivity index is 1.50. The molecule has 2 saturated heterocycles. The van der Waals surface area contributed by atoms with Gasteiger partial charge < -0.3 is 5.32 Å². The number of likely N-dealkylation sites (tertiary alicyclic amines) is 1. The van der Waals surface area contributed by atoms with E-state index in [1.54, 1.807) is 0 Å². The van der Waals surface area contributed by atoms with Crippen LogP contribution < -0.4 is 5.32 Å². The second-order valence-corrected chi connectivity index (χ2v) is 9.24. The van der Waals surface area contributed by atoms with E-state index >= 15 is 0 Å². The predicted molar refractivity (Wildman–Crippen MR) is 86.8 cm³/mol. The van der Waals surface area contributed by atoms with Crippen molar-refractivity contribution < 1.29 is 13.2 Å². The van der Waals surface area contributed by atoms with Crippen LogP contribution in [0.3, 0.4) is 0 Å². The van der Waals surface area contributed by atoms with Crippen LogP contribution in [-0.2, 0) is 14.6 Å². The predicted octanol–water partition coefficient (Wildman–Crippen LogP) is 1.29. The molecule has 2 aliphatic rings. The number of sulfone groups is 1. The molecule has 1 aromatic rings. The molecular weight excluding hydrogens is 322 g/mol. The number of nitrogens with zero attached hydrogens (tertiary/aromatic N) is 2. The highest BCUT2D eigenvalue weighted by Crippen LogP contribution is 2.25. The van der Waals surface area contributed by atoms with Crippen molar-refractivity contribution in [2.75, 3.05) is 29.9 Å². The lowest BCUT2D eigenvalue weighted by Gasteiger charge is -2.34. The normalized spacial score (nSPS) is 26.1. The molecule has 0 saturated carbocycles. The molecule has 2 fully saturated rings. The van der Waals surface area contributed by atoms with Gasteiger partial charge in [0.1, 0.15) is 0 Å². The topological polar surface area (TPSA) is 79.4 Å². The van der Waals surface area contributed by atoms with E-state index in [4.69, 9.17) is 0 Å². The molecule has 8 heteroatoms. The van der Waals surface area contributed by atoms with E-state index < -0.39 is 9.84 Å². The number of thiazole rings is 1. The van der Waals surface area contributed by atoms with Crippen molar-refractivity contribution in [3.05, 3.63) is 11.1 Å². The number of nitrogens with one attached hydrogen (secondary N) is 1. The second-order valence-electron chi connectivity index (χ2n) is 6.15. The zero-order chi connectivity index (χ0) is 15.7. The lowest BCUT2D eigenvalue weighted by atomic mass is 9.95. The van der Waals surface area contributed by atoms with Crippen molar-refractivity contribution in [3.63, 3.8) is 0 Å². The maximum atomic E-state index is 12.2. The summed E-state index contributed by atoms with van der Waals surface area (Å²) in [5.41, 5.74) is 0.914. The number of carbonyl (C=O) groups is 1. The summed E-state index contributed by atoms with van der Waals surface area (Å²) in [6, 6.07) is 0.149. The maximum absolute atomic E-state index is 12.2. The second kappa shape index (κ2) is 6.25. The van der Waals surface area contributed by atoms with Gasteiger partial charge in [-0.25, -0.2) is 13.4 Å². The number of aryl methyl sites for hydroxylation is 1. The van der Waals surface area contributed by atoms with Crippen LogP contribution in [0.5, 0.6) is 0 Å². The Kier molecular flexibility index (Phi) is 4.52. The van der Waals surface area contributed by atoms with Gasteiger partial charge in [0, 0.05) is 17.3 Å². The highest BCUT2D eigenvalue weighted by molar-refractivity contribution is 7.91. The van der Waals surface area contributed by atoms with E-state index in [1.165, 1.54) is 11.3 Å². The van der Waals surface area contributed by atoms with Gasteiger partial charge in [-0.15, -0.1) is 11.3 Å². The summed E-state index contributed by atoms with van der Waals surface area (Å²) in [5, 5.41) is 5.46. The maximum Gasteiger partial charge on any atom is 0.229 e. The van der Waals surface area contributed by atoms with Gasteiger partial charge in [0.05, 0.1) is 17.2 Å². The van der Waals surface area contributed by atoms with E-state index in [-0.39, 0.29) is 23.6 Å². The summed E-state index contributed by atoms with van der Waals surface area (Å²) in [7, 11) is -2.84. The average Bonchev–Trinajstić information content (AvgIpc) is 3.04. The summed E-state index contributed by atoms with van der Waals surface area (Å²) in [6.07, 6.45) is 2.30. The van der Waals surface area contributed by atoms with Crippen molar-refractivity contribution in [2.45, 2.75) is 32.2 Å². The van der Waals surface area contributed by atoms with E-state index in [0.29, 0.717) is 10.9 Å². The van der Waals surface area contributed by atoms with Gasteiger partial charge in [-0.05, 0) is 39.3 Å². The van der Waals surface area contributed by atoms with Crippen LogP contribution in [0.1, 0.15) is 25.0 Å². The van der Waals surface area contributed by atoms with Crippen LogP contribution >= 0.6 is 11.3 Å².